The van der Waals surface area contributed by atoms with Crippen molar-refractivity contribution in [1.29, 1.82) is 0 Å². The predicted molar refractivity (Wildman–Crippen MR) is 154 cm³/mol. The van der Waals surface area contributed by atoms with Crippen molar-refractivity contribution in [3.8, 4) is 0 Å². The van der Waals surface area contributed by atoms with Crippen molar-refractivity contribution in [1.82, 2.24) is 0 Å². The molecule has 4 rings (SSSR count). The smallest absolute Gasteiger partial charge is 0.476 e. The molecular weight excluding hydrogens is 587 g/mol. The number of primary amides is 1. The molecule has 1 atom stereocenters. The molecule has 1 aliphatic carbocycles. The third-order valence-electron chi connectivity index (χ3n) is 7.47. The number of nitrogens with zero attached hydrogens (tertiary/aromatic N) is 3. The van der Waals surface area contributed by atoms with Crippen LogP contribution in [-0.2, 0) is 28.2 Å². The second-order valence-corrected chi connectivity index (χ2v) is 10.7. The lowest BCUT2D eigenvalue weighted by Gasteiger charge is -2.50. The van der Waals surface area contributed by atoms with Crippen LogP contribution in [0.3, 0.4) is 0 Å². The molecule has 1 aliphatic rings. The lowest BCUT2D eigenvalue weighted by molar-refractivity contribution is -0.983. The van der Waals surface area contributed by atoms with E-state index in [1.807, 2.05) is 0 Å². The van der Waals surface area contributed by atoms with E-state index in [4.69, 9.17) is 28.9 Å². The van der Waals surface area contributed by atoms with Crippen LogP contribution < -0.4 is 5.73 Å². The highest BCUT2D eigenvalue weighted by molar-refractivity contribution is 6.30. The van der Waals surface area contributed by atoms with Crippen LogP contribution in [0.15, 0.2) is 108 Å². The predicted octanol–water partition coefficient (Wildman–Crippen LogP) is 4.98. The van der Waals surface area contributed by atoms with E-state index in [0.717, 1.165) is 6.08 Å². The van der Waals surface area contributed by atoms with Crippen molar-refractivity contribution in [3.63, 3.8) is 0 Å². The number of halogens is 2. The maximum atomic E-state index is 13.8. The average molecular weight is 612 g/mol. The molecule has 13 heteroatoms. The van der Waals surface area contributed by atoms with Crippen molar-refractivity contribution in [2.75, 3.05) is 0 Å². The first-order valence-electron chi connectivity index (χ1n) is 12.5. The van der Waals surface area contributed by atoms with E-state index in [2.05, 4.69) is 0 Å². The largest absolute Gasteiger partial charge is 0.534 e. The minimum Gasteiger partial charge on any atom is -0.476 e. The number of hydrogen-bond acceptors (Lipinski definition) is 6. The highest BCUT2D eigenvalue weighted by Crippen LogP contribution is 2.51. The number of carboxylic acid groups (broad SMARTS) is 1. The Morgan fingerprint density at radius 2 is 1.33 bits per heavy atom. The molecule has 0 spiro atoms. The number of benzene rings is 3. The molecule has 0 bridgehead atoms. The van der Waals surface area contributed by atoms with Crippen LogP contribution >= 0.6 is 23.2 Å². The quantitative estimate of drug-likeness (QED) is 0.101. The van der Waals surface area contributed by atoms with E-state index in [0.29, 0.717) is 11.1 Å². The standard InChI is InChI=1S/C29H24Cl2N4O7/c30-23-13-11-22(12-14-23)29(26(32)36,27(37)38)35(18-20-7-3-1-4-8-20,19-21-9-5-2-6-10-21)25-16-15-24(31)17-28(25,33(39)40)34(41)42/h1-16H,17-19H2,(H2-,32,36,37,38)/p+1. The van der Waals surface area contributed by atoms with E-state index >= 15 is 0 Å². The lowest BCUT2D eigenvalue weighted by Crippen LogP contribution is -2.73. The third kappa shape index (κ3) is 4.91. The minimum atomic E-state index is -3.15. The number of amides is 1. The molecule has 11 nitrogen and oxygen atoms in total. The van der Waals surface area contributed by atoms with Gasteiger partial charge in [-0.05, 0) is 18.2 Å². The fourth-order valence-corrected chi connectivity index (χ4v) is 6.07. The molecule has 0 saturated heterocycles. The number of aliphatic carboxylic acids is 1. The van der Waals surface area contributed by atoms with E-state index in [1.165, 1.54) is 30.3 Å². The average Bonchev–Trinajstić information content (AvgIpc) is 2.94. The fourth-order valence-electron chi connectivity index (χ4n) is 5.69. The SMILES string of the molecule is NC(=O)C(C(=O)O)(c1ccc(Cl)cc1)[N+](Cc1ccccc1)(Cc1ccccc1)C1=CC=C(Cl)CC1([N+](=O)[O-])[N+](=O)[O-]. The number of carboxylic acids is 1. The van der Waals surface area contributed by atoms with Gasteiger partial charge in [0.05, 0.1) is 0 Å². The van der Waals surface area contributed by atoms with Gasteiger partial charge in [0.15, 0.2) is 0 Å². The number of hydrogen-bond donors (Lipinski definition) is 2. The molecule has 3 aromatic rings. The van der Waals surface area contributed by atoms with Gasteiger partial charge in [-0.25, -0.2) is 9.28 Å². The molecule has 1 amide bonds. The van der Waals surface area contributed by atoms with Gasteiger partial charge < -0.3 is 10.8 Å². The van der Waals surface area contributed by atoms with Crippen LogP contribution in [0.2, 0.25) is 5.02 Å². The van der Waals surface area contributed by atoms with Gasteiger partial charge in [-0.1, -0.05) is 96.0 Å². The highest BCUT2D eigenvalue weighted by atomic mass is 35.5. The number of allylic oxidation sites excluding steroid dienone is 2. The summed E-state index contributed by atoms with van der Waals surface area (Å²) in [6, 6.07) is 21.8. The van der Waals surface area contributed by atoms with Gasteiger partial charge in [0, 0.05) is 32.8 Å². The first-order valence-corrected chi connectivity index (χ1v) is 13.3. The normalized spacial score (nSPS) is 16.0. The van der Waals surface area contributed by atoms with Gasteiger partial charge in [0.25, 0.3) is 11.6 Å². The number of carbonyl (C=O) groups is 2. The second-order valence-electron chi connectivity index (χ2n) is 9.82. The molecule has 3 N–H and O–H groups in total. The van der Waals surface area contributed by atoms with Crippen molar-refractivity contribution >= 4 is 35.1 Å². The summed E-state index contributed by atoms with van der Waals surface area (Å²) >= 11 is 12.3. The highest BCUT2D eigenvalue weighted by Gasteiger charge is 2.76. The summed E-state index contributed by atoms with van der Waals surface area (Å²) in [4.78, 5) is 50.9. The van der Waals surface area contributed by atoms with Crippen molar-refractivity contribution in [2.45, 2.75) is 30.7 Å². The maximum Gasteiger partial charge on any atom is 0.534 e. The molecule has 3 aromatic carbocycles. The Labute approximate surface area is 250 Å². The topological polar surface area (TPSA) is 167 Å². The summed E-state index contributed by atoms with van der Waals surface area (Å²) in [5, 5.41) is 36.7. The Morgan fingerprint density at radius 3 is 1.74 bits per heavy atom. The molecule has 0 saturated carbocycles. The maximum absolute atomic E-state index is 13.8. The molecule has 0 radical (unpaired) electrons. The molecule has 0 heterocycles. The van der Waals surface area contributed by atoms with E-state index in [1.54, 1.807) is 60.7 Å². The molecule has 42 heavy (non-hydrogen) atoms. The summed E-state index contributed by atoms with van der Waals surface area (Å²) in [5.74, 6) is -3.17. The van der Waals surface area contributed by atoms with Crippen molar-refractivity contribution < 1.29 is 29.0 Å². The van der Waals surface area contributed by atoms with Crippen LogP contribution in [0, 0.1) is 20.2 Å². The van der Waals surface area contributed by atoms with Crippen LogP contribution in [0.5, 0.6) is 0 Å². The first kappa shape index (κ1) is 30.4. The minimum absolute atomic E-state index is 0.180. The van der Waals surface area contributed by atoms with Crippen LogP contribution in [0.4, 0.5) is 0 Å². The summed E-state index contributed by atoms with van der Waals surface area (Å²) in [7, 11) is 0. The van der Waals surface area contributed by atoms with Crippen molar-refractivity contribution in [3.05, 3.63) is 150 Å². The van der Waals surface area contributed by atoms with Gasteiger partial charge in [-0.15, -0.1) is 0 Å². The third-order valence-corrected chi connectivity index (χ3v) is 7.99. The summed E-state index contributed by atoms with van der Waals surface area (Å²) in [5.41, 5.74) is 0.126. The van der Waals surface area contributed by atoms with Gasteiger partial charge in [-0.2, -0.15) is 0 Å². The fraction of sp³-hybridized carbons (Fsp3) is 0.172. The number of carbonyl (C=O) groups excluding carboxylic acids is 1. The summed E-state index contributed by atoms with van der Waals surface area (Å²) in [6.07, 6.45) is 1.42. The number of nitro groups is 2. The molecular formula is C29H25Cl2N4O7+. The van der Waals surface area contributed by atoms with E-state index in [-0.39, 0.29) is 15.6 Å². The monoisotopic (exact) mass is 611 g/mol. The number of nitrogens with two attached hydrogens (primary N) is 1. The second kappa shape index (κ2) is 11.7. The van der Waals surface area contributed by atoms with Gasteiger partial charge in [0.2, 0.25) is 0 Å². The number of quaternary nitrogens is 1. The zero-order chi connectivity index (χ0) is 30.7. The van der Waals surface area contributed by atoms with Crippen LogP contribution in [0.25, 0.3) is 0 Å². The number of rotatable bonds is 11. The van der Waals surface area contributed by atoms with Crippen LogP contribution in [-0.4, -0.2) is 37.0 Å². The molecule has 216 valence electrons. The van der Waals surface area contributed by atoms with E-state index in [9.17, 15) is 34.9 Å². The molecule has 1 unspecified atom stereocenters. The summed E-state index contributed by atoms with van der Waals surface area (Å²) in [6.45, 7) is -0.845. The zero-order valence-electron chi connectivity index (χ0n) is 21.9. The van der Waals surface area contributed by atoms with E-state index < -0.39 is 62.6 Å². The Hall–Kier alpha value is -4.58. The molecule has 0 aromatic heterocycles. The first-order chi connectivity index (χ1) is 19.9. The van der Waals surface area contributed by atoms with Gasteiger partial charge in [0.1, 0.15) is 29.4 Å². The van der Waals surface area contributed by atoms with Gasteiger partial charge in [-0.3, -0.25) is 25.0 Å². The summed E-state index contributed by atoms with van der Waals surface area (Å²) < 4.78 is -1.17. The molecule has 0 fully saturated rings. The Kier molecular flexibility index (Phi) is 8.48. The lowest BCUT2D eigenvalue weighted by atomic mass is 9.79. The van der Waals surface area contributed by atoms with Crippen molar-refractivity contribution in [2.24, 2.45) is 5.73 Å². The van der Waals surface area contributed by atoms with Crippen LogP contribution in [0.1, 0.15) is 23.1 Å². The Bertz CT molecular complexity index is 1520. The Balaban J connectivity index is 2.29. The molecule has 0 aliphatic heterocycles. The van der Waals surface area contributed by atoms with Gasteiger partial charge >= 0.3 is 17.2 Å². The Morgan fingerprint density at radius 1 is 0.857 bits per heavy atom. The zero-order valence-corrected chi connectivity index (χ0v) is 23.4.